The Bertz CT molecular complexity index is 814. The first-order valence-electron chi connectivity index (χ1n) is 14.5. The Hall–Kier alpha value is -1.79. The summed E-state index contributed by atoms with van der Waals surface area (Å²) in [5.74, 6) is 0.713. The highest BCUT2D eigenvalue weighted by atomic mass is 28.2. The van der Waals surface area contributed by atoms with Crippen LogP contribution in [0.25, 0.3) is 11.3 Å². The van der Waals surface area contributed by atoms with Crippen LogP contribution in [0.2, 0.25) is 6.04 Å². The van der Waals surface area contributed by atoms with Gasteiger partial charge < -0.3 is 9.16 Å². The van der Waals surface area contributed by atoms with E-state index in [1.165, 1.54) is 70.3 Å². The van der Waals surface area contributed by atoms with Gasteiger partial charge in [0.15, 0.2) is 0 Å². The van der Waals surface area contributed by atoms with Crippen molar-refractivity contribution >= 4 is 9.76 Å². The highest BCUT2D eigenvalue weighted by Crippen LogP contribution is 2.30. The maximum atomic E-state index is 6.20. The zero-order valence-corrected chi connectivity index (χ0v) is 25.0. The second-order valence-corrected chi connectivity index (χ2v) is 12.2. The standard InChI is InChI=1S/C30H51N3O2Si/c1-5-7-9-12-23-34-24-13-10-16-26-18-19-28(33-32-26)27-17-15-22-31-29(27)35-36-25-14-11-21-30(3,4)20-8-6-2/h15,17-19,22H,5-14,16,20-21,23-25,36H2,1-4H3. The fourth-order valence-corrected chi connectivity index (χ4v) is 5.54. The molecule has 0 saturated heterocycles. The van der Waals surface area contributed by atoms with Crippen molar-refractivity contribution in [1.82, 2.24) is 15.2 Å². The van der Waals surface area contributed by atoms with Crippen LogP contribution >= 0.6 is 0 Å². The lowest BCUT2D eigenvalue weighted by atomic mass is 9.82. The molecule has 2 aromatic rings. The molecule has 6 heteroatoms. The Kier molecular flexibility index (Phi) is 15.6. The molecular weight excluding hydrogens is 462 g/mol. The van der Waals surface area contributed by atoms with Gasteiger partial charge in [-0.1, -0.05) is 72.6 Å². The van der Waals surface area contributed by atoms with Crippen molar-refractivity contribution in [3.8, 4) is 17.1 Å². The molecule has 0 amide bonds. The van der Waals surface area contributed by atoms with Gasteiger partial charge in [-0.15, -0.1) is 0 Å². The van der Waals surface area contributed by atoms with Gasteiger partial charge in [0.25, 0.3) is 0 Å². The lowest BCUT2D eigenvalue weighted by Crippen LogP contribution is -2.11. The van der Waals surface area contributed by atoms with E-state index >= 15 is 0 Å². The van der Waals surface area contributed by atoms with E-state index in [-0.39, 0.29) is 0 Å². The summed E-state index contributed by atoms with van der Waals surface area (Å²) in [5, 5.41) is 8.96. The SMILES string of the molecule is CCCCCCOCCCCc1ccc(-c2cccnc2O[SiH2]CCCCC(C)(C)CCCC)nn1. The predicted octanol–water partition coefficient (Wildman–Crippen LogP) is 7.73. The van der Waals surface area contributed by atoms with Crippen LogP contribution < -0.4 is 4.43 Å². The van der Waals surface area contributed by atoms with Gasteiger partial charge in [-0.2, -0.15) is 10.2 Å². The molecule has 202 valence electrons. The Morgan fingerprint density at radius 1 is 0.806 bits per heavy atom. The van der Waals surface area contributed by atoms with Crippen LogP contribution in [0.15, 0.2) is 30.5 Å². The van der Waals surface area contributed by atoms with Gasteiger partial charge >= 0.3 is 0 Å². The minimum atomic E-state index is -0.649. The van der Waals surface area contributed by atoms with E-state index in [0.29, 0.717) is 11.3 Å². The highest BCUT2D eigenvalue weighted by molar-refractivity contribution is 6.28. The van der Waals surface area contributed by atoms with Crippen LogP contribution in [0.5, 0.6) is 5.88 Å². The fourth-order valence-electron chi connectivity index (χ4n) is 4.41. The summed E-state index contributed by atoms with van der Waals surface area (Å²) in [6.45, 7) is 11.1. The van der Waals surface area contributed by atoms with E-state index in [1.807, 2.05) is 12.1 Å². The van der Waals surface area contributed by atoms with E-state index in [0.717, 1.165) is 49.4 Å². The summed E-state index contributed by atoms with van der Waals surface area (Å²) >= 11 is 0. The molecule has 0 unspecified atom stereocenters. The van der Waals surface area contributed by atoms with Crippen molar-refractivity contribution in [3.63, 3.8) is 0 Å². The second kappa shape index (κ2) is 18.5. The van der Waals surface area contributed by atoms with Crippen molar-refractivity contribution in [2.75, 3.05) is 13.2 Å². The fraction of sp³-hybridized carbons (Fsp3) is 0.700. The van der Waals surface area contributed by atoms with Gasteiger partial charge in [0.05, 0.1) is 17.0 Å². The number of aryl methyl sites for hydroxylation is 1. The van der Waals surface area contributed by atoms with Crippen molar-refractivity contribution in [1.29, 1.82) is 0 Å². The summed E-state index contributed by atoms with van der Waals surface area (Å²) in [5.41, 5.74) is 3.29. The number of hydrogen-bond donors (Lipinski definition) is 0. The minimum absolute atomic E-state index is 0.471. The molecule has 0 radical (unpaired) electrons. The van der Waals surface area contributed by atoms with Crippen molar-refractivity contribution in [3.05, 3.63) is 36.2 Å². The van der Waals surface area contributed by atoms with Crippen LogP contribution in [-0.4, -0.2) is 38.2 Å². The molecule has 2 heterocycles. The molecule has 0 aromatic carbocycles. The van der Waals surface area contributed by atoms with Crippen molar-refractivity contribution < 1.29 is 9.16 Å². The first-order chi connectivity index (χ1) is 17.6. The number of pyridine rings is 1. The number of unbranched alkanes of at least 4 members (excludes halogenated alkanes) is 6. The molecule has 0 N–H and O–H groups in total. The highest BCUT2D eigenvalue weighted by Gasteiger charge is 2.16. The van der Waals surface area contributed by atoms with Gasteiger partial charge in [-0.3, -0.25) is 0 Å². The third kappa shape index (κ3) is 13.0. The van der Waals surface area contributed by atoms with Crippen LogP contribution in [0.4, 0.5) is 0 Å². The molecule has 0 fully saturated rings. The zero-order chi connectivity index (χ0) is 25.9. The summed E-state index contributed by atoms with van der Waals surface area (Å²) in [6.07, 6.45) is 17.7. The number of hydrogen-bond acceptors (Lipinski definition) is 5. The predicted molar refractivity (Wildman–Crippen MR) is 154 cm³/mol. The van der Waals surface area contributed by atoms with Gasteiger partial charge in [-0.25, -0.2) is 4.98 Å². The second-order valence-electron chi connectivity index (χ2n) is 10.8. The maximum absolute atomic E-state index is 6.20. The summed E-state index contributed by atoms with van der Waals surface area (Å²) in [7, 11) is -0.649. The Labute approximate surface area is 223 Å². The van der Waals surface area contributed by atoms with Gasteiger partial charge in [-0.05, 0) is 74.2 Å². The van der Waals surface area contributed by atoms with Gasteiger partial charge in [0.2, 0.25) is 15.6 Å². The van der Waals surface area contributed by atoms with E-state index < -0.39 is 9.76 Å². The molecule has 0 aliphatic carbocycles. The number of nitrogens with zero attached hydrogens (tertiary/aromatic N) is 3. The molecule has 0 aliphatic heterocycles. The van der Waals surface area contributed by atoms with E-state index in [1.54, 1.807) is 6.20 Å². The topological polar surface area (TPSA) is 57.1 Å². The number of rotatable bonds is 21. The Morgan fingerprint density at radius 2 is 1.58 bits per heavy atom. The average molecular weight is 514 g/mol. The molecule has 36 heavy (non-hydrogen) atoms. The first-order valence-corrected chi connectivity index (χ1v) is 16.1. The number of aromatic nitrogens is 3. The van der Waals surface area contributed by atoms with Crippen molar-refractivity contribution in [2.24, 2.45) is 5.41 Å². The lowest BCUT2D eigenvalue weighted by molar-refractivity contribution is 0.126. The normalized spacial score (nSPS) is 12.0. The number of ether oxygens (including phenoxy) is 1. The quantitative estimate of drug-likeness (QED) is 0.126. The third-order valence-electron chi connectivity index (χ3n) is 6.82. The first kappa shape index (κ1) is 30.4. The van der Waals surface area contributed by atoms with Crippen LogP contribution in [0.3, 0.4) is 0 Å². The molecule has 0 atom stereocenters. The Morgan fingerprint density at radius 3 is 2.33 bits per heavy atom. The molecule has 2 aromatic heterocycles. The van der Waals surface area contributed by atoms with E-state index in [4.69, 9.17) is 9.16 Å². The summed E-state index contributed by atoms with van der Waals surface area (Å²) in [6, 6.07) is 9.31. The zero-order valence-electron chi connectivity index (χ0n) is 23.6. The van der Waals surface area contributed by atoms with Crippen LogP contribution in [-0.2, 0) is 11.2 Å². The molecule has 0 aliphatic rings. The average Bonchev–Trinajstić information content (AvgIpc) is 2.89. The molecule has 0 spiro atoms. The molecule has 0 bridgehead atoms. The van der Waals surface area contributed by atoms with Crippen LogP contribution in [0.1, 0.15) is 110 Å². The largest absolute Gasteiger partial charge is 0.536 e. The lowest BCUT2D eigenvalue weighted by Gasteiger charge is -2.24. The molecule has 0 saturated carbocycles. The minimum Gasteiger partial charge on any atom is -0.536 e. The Balaban J connectivity index is 1.69. The molecule has 5 nitrogen and oxygen atoms in total. The van der Waals surface area contributed by atoms with E-state index in [2.05, 4.69) is 55.0 Å². The van der Waals surface area contributed by atoms with Crippen LogP contribution in [0, 0.1) is 5.41 Å². The van der Waals surface area contributed by atoms with Crippen molar-refractivity contribution in [2.45, 2.75) is 117 Å². The monoisotopic (exact) mass is 513 g/mol. The molecule has 2 rings (SSSR count). The van der Waals surface area contributed by atoms with E-state index in [9.17, 15) is 0 Å². The molecular formula is C30H51N3O2Si. The maximum Gasteiger partial charge on any atom is 0.221 e. The van der Waals surface area contributed by atoms with Gasteiger partial charge in [0, 0.05) is 19.4 Å². The van der Waals surface area contributed by atoms with Gasteiger partial charge in [0.1, 0.15) is 0 Å². The summed E-state index contributed by atoms with van der Waals surface area (Å²) in [4.78, 5) is 4.50. The smallest absolute Gasteiger partial charge is 0.221 e. The summed E-state index contributed by atoms with van der Waals surface area (Å²) < 4.78 is 11.9. The third-order valence-corrected chi connectivity index (χ3v) is 8.09.